The number of aryl methyl sites for hydroxylation is 3. The lowest BCUT2D eigenvalue weighted by molar-refractivity contribution is -0.128. The van der Waals surface area contributed by atoms with Gasteiger partial charge in [0, 0.05) is 59.3 Å². The highest BCUT2D eigenvalue weighted by Crippen LogP contribution is 2.23. The summed E-state index contributed by atoms with van der Waals surface area (Å²) < 4.78 is 2.36. The molecule has 0 radical (unpaired) electrons. The van der Waals surface area contributed by atoms with E-state index in [2.05, 4.69) is 50.8 Å². The number of fused-ring (bicyclic) bond motifs is 1. The Labute approximate surface area is 184 Å². The van der Waals surface area contributed by atoms with Crippen molar-refractivity contribution in [1.82, 2.24) is 24.3 Å². The lowest BCUT2D eigenvalue weighted by atomic mass is 10.1. The van der Waals surface area contributed by atoms with E-state index >= 15 is 0 Å². The third kappa shape index (κ3) is 5.39. The standard InChI is InChI=1S/C25H31N5O/c1-28(2)25(31)14-13-24-27-22(12-11-20-8-4-3-5-9-20)23-19-29(16-17-30(23)24)18-21-10-6-7-15-26-21/h3-10,15H,11-14,16-19H2,1-2H3. The number of aromatic nitrogens is 3. The Kier molecular flexibility index (Phi) is 6.77. The van der Waals surface area contributed by atoms with E-state index in [-0.39, 0.29) is 5.91 Å². The maximum atomic E-state index is 12.1. The predicted octanol–water partition coefficient (Wildman–Crippen LogP) is 3.10. The second-order valence-electron chi connectivity index (χ2n) is 8.38. The number of hydrogen-bond acceptors (Lipinski definition) is 4. The van der Waals surface area contributed by atoms with Gasteiger partial charge < -0.3 is 9.47 Å². The van der Waals surface area contributed by atoms with Gasteiger partial charge in [0.2, 0.25) is 5.91 Å². The summed E-state index contributed by atoms with van der Waals surface area (Å²) in [7, 11) is 3.62. The van der Waals surface area contributed by atoms with Crippen LogP contribution < -0.4 is 0 Å². The Bertz CT molecular complexity index is 998. The SMILES string of the molecule is CN(C)C(=O)CCc1nc(CCc2ccccc2)c2n1CCN(Cc1ccccn1)C2. The molecule has 0 saturated carbocycles. The average molecular weight is 418 g/mol. The van der Waals surface area contributed by atoms with Crippen molar-refractivity contribution in [3.63, 3.8) is 0 Å². The van der Waals surface area contributed by atoms with Crippen LogP contribution in [-0.2, 0) is 43.7 Å². The zero-order chi connectivity index (χ0) is 21.6. The molecule has 2 aromatic heterocycles. The molecule has 3 aromatic rings. The molecule has 1 amide bonds. The van der Waals surface area contributed by atoms with Crippen molar-refractivity contribution < 1.29 is 4.79 Å². The second kappa shape index (κ2) is 9.88. The predicted molar refractivity (Wildman–Crippen MR) is 121 cm³/mol. The lowest BCUT2D eigenvalue weighted by Crippen LogP contribution is -2.34. The first kappa shape index (κ1) is 21.2. The fraction of sp³-hybridized carbons (Fsp3) is 0.400. The molecule has 6 heteroatoms. The van der Waals surface area contributed by atoms with E-state index in [1.165, 1.54) is 17.0 Å². The minimum atomic E-state index is 0.149. The molecule has 3 heterocycles. The van der Waals surface area contributed by atoms with Crippen molar-refractivity contribution in [3.05, 3.63) is 83.2 Å². The number of carbonyl (C=O) groups is 1. The van der Waals surface area contributed by atoms with Crippen LogP contribution in [0.2, 0.25) is 0 Å². The average Bonchev–Trinajstić information content (AvgIpc) is 3.14. The number of amides is 1. The van der Waals surface area contributed by atoms with E-state index in [0.717, 1.165) is 50.5 Å². The first-order chi connectivity index (χ1) is 15.1. The smallest absolute Gasteiger partial charge is 0.222 e. The monoisotopic (exact) mass is 417 g/mol. The van der Waals surface area contributed by atoms with Gasteiger partial charge >= 0.3 is 0 Å². The number of carbonyl (C=O) groups excluding carboxylic acids is 1. The number of benzene rings is 1. The summed E-state index contributed by atoms with van der Waals surface area (Å²) in [5.74, 6) is 1.20. The van der Waals surface area contributed by atoms with Gasteiger partial charge in [0.1, 0.15) is 5.82 Å². The Morgan fingerprint density at radius 2 is 1.81 bits per heavy atom. The zero-order valence-electron chi connectivity index (χ0n) is 18.5. The first-order valence-corrected chi connectivity index (χ1v) is 11.0. The molecule has 1 aliphatic heterocycles. The summed E-state index contributed by atoms with van der Waals surface area (Å²) in [4.78, 5) is 25.8. The molecule has 1 aliphatic rings. The molecule has 0 unspecified atom stereocenters. The van der Waals surface area contributed by atoms with Gasteiger partial charge in [-0.25, -0.2) is 4.98 Å². The highest BCUT2D eigenvalue weighted by molar-refractivity contribution is 5.75. The van der Waals surface area contributed by atoms with Gasteiger partial charge in [0.25, 0.3) is 0 Å². The van der Waals surface area contributed by atoms with Gasteiger partial charge in [-0.2, -0.15) is 0 Å². The zero-order valence-corrected chi connectivity index (χ0v) is 18.5. The normalized spacial score (nSPS) is 13.7. The lowest BCUT2D eigenvalue weighted by Gasteiger charge is -2.29. The number of imidazole rings is 1. The molecule has 0 fully saturated rings. The van der Waals surface area contributed by atoms with Gasteiger partial charge in [-0.05, 0) is 30.5 Å². The number of pyridine rings is 1. The van der Waals surface area contributed by atoms with E-state index in [9.17, 15) is 4.79 Å². The maximum Gasteiger partial charge on any atom is 0.222 e. The highest BCUT2D eigenvalue weighted by atomic mass is 16.2. The summed E-state index contributed by atoms with van der Waals surface area (Å²) in [5.41, 5.74) is 4.89. The van der Waals surface area contributed by atoms with Crippen molar-refractivity contribution in [2.45, 2.75) is 45.3 Å². The summed E-state index contributed by atoms with van der Waals surface area (Å²) in [6, 6.07) is 16.7. The minimum absolute atomic E-state index is 0.149. The fourth-order valence-corrected chi connectivity index (χ4v) is 4.16. The summed E-state index contributed by atoms with van der Waals surface area (Å²) in [6.07, 6.45) is 4.93. The first-order valence-electron chi connectivity index (χ1n) is 11.0. The van der Waals surface area contributed by atoms with Crippen LogP contribution in [0.3, 0.4) is 0 Å². The number of nitrogens with zero attached hydrogens (tertiary/aromatic N) is 5. The Morgan fingerprint density at radius 1 is 1.00 bits per heavy atom. The van der Waals surface area contributed by atoms with E-state index < -0.39 is 0 Å². The van der Waals surface area contributed by atoms with Crippen LogP contribution in [0.5, 0.6) is 0 Å². The molecule has 0 atom stereocenters. The van der Waals surface area contributed by atoms with Crippen LogP contribution >= 0.6 is 0 Å². The fourth-order valence-electron chi connectivity index (χ4n) is 4.16. The molecule has 0 N–H and O–H groups in total. The molecule has 162 valence electrons. The van der Waals surface area contributed by atoms with Crippen molar-refractivity contribution in [3.8, 4) is 0 Å². The van der Waals surface area contributed by atoms with Crippen LogP contribution in [-0.4, -0.2) is 50.9 Å². The second-order valence-corrected chi connectivity index (χ2v) is 8.38. The molecule has 0 bridgehead atoms. The topological polar surface area (TPSA) is 54.3 Å². The van der Waals surface area contributed by atoms with Gasteiger partial charge in [0.05, 0.1) is 17.1 Å². The van der Waals surface area contributed by atoms with Crippen molar-refractivity contribution in [2.24, 2.45) is 0 Å². The summed E-state index contributed by atoms with van der Waals surface area (Å²) in [6.45, 7) is 3.59. The van der Waals surface area contributed by atoms with E-state index in [0.29, 0.717) is 12.8 Å². The summed E-state index contributed by atoms with van der Waals surface area (Å²) in [5, 5.41) is 0. The molecule has 0 saturated heterocycles. The van der Waals surface area contributed by atoms with Gasteiger partial charge in [0.15, 0.2) is 0 Å². The quantitative estimate of drug-likeness (QED) is 0.565. The molecule has 6 nitrogen and oxygen atoms in total. The minimum Gasteiger partial charge on any atom is -0.349 e. The molecule has 0 spiro atoms. The molecule has 31 heavy (non-hydrogen) atoms. The third-order valence-electron chi connectivity index (χ3n) is 5.91. The van der Waals surface area contributed by atoms with Gasteiger partial charge in [-0.3, -0.25) is 14.7 Å². The van der Waals surface area contributed by atoms with Crippen LogP contribution in [0.1, 0.15) is 34.9 Å². The largest absolute Gasteiger partial charge is 0.349 e. The Hall–Kier alpha value is -2.99. The molecule has 0 aliphatic carbocycles. The van der Waals surface area contributed by atoms with Crippen LogP contribution in [0.15, 0.2) is 54.7 Å². The molecular weight excluding hydrogens is 386 g/mol. The van der Waals surface area contributed by atoms with Crippen LogP contribution in [0.4, 0.5) is 0 Å². The van der Waals surface area contributed by atoms with Gasteiger partial charge in [-0.15, -0.1) is 0 Å². The molecule has 4 rings (SSSR count). The van der Waals surface area contributed by atoms with Crippen molar-refractivity contribution in [2.75, 3.05) is 20.6 Å². The maximum absolute atomic E-state index is 12.1. The van der Waals surface area contributed by atoms with Crippen molar-refractivity contribution >= 4 is 5.91 Å². The Morgan fingerprint density at radius 3 is 2.55 bits per heavy atom. The van der Waals surface area contributed by atoms with Crippen LogP contribution in [0, 0.1) is 0 Å². The van der Waals surface area contributed by atoms with Crippen molar-refractivity contribution in [1.29, 1.82) is 0 Å². The number of hydrogen-bond donors (Lipinski definition) is 0. The van der Waals surface area contributed by atoms with E-state index in [1.54, 1.807) is 4.90 Å². The molecule has 1 aromatic carbocycles. The highest BCUT2D eigenvalue weighted by Gasteiger charge is 2.24. The van der Waals surface area contributed by atoms with Crippen LogP contribution in [0.25, 0.3) is 0 Å². The van der Waals surface area contributed by atoms with E-state index in [1.807, 2.05) is 32.4 Å². The van der Waals surface area contributed by atoms with E-state index in [4.69, 9.17) is 4.98 Å². The third-order valence-corrected chi connectivity index (χ3v) is 5.91. The number of rotatable bonds is 8. The van der Waals surface area contributed by atoms with Gasteiger partial charge in [-0.1, -0.05) is 36.4 Å². The Balaban J connectivity index is 1.52. The summed E-state index contributed by atoms with van der Waals surface area (Å²) >= 11 is 0. The molecular formula is C25H31N5O.